The van der Waals surface area contributed by atoms with Crippen molar-refractivity contribution in [2.24, 2.45) is 0 Å². The van der Waals surface area contributed by atoms with Gasteiger partial charge in [0.25, 0.3) is 5.91 Å². The summed E-state index contributed by atoms with van der Waals surface area (Å²) in [6.45, 7) is 4.50. The fraction of sp³-hybridized carbons (Fsp3) is 0.263. The molecule has 2 aromatic carbocycles. The van der Waals surface area contributed by atoms with Crippen LogP contribution in [0.25, 0.3) is 0 Å². The Labute approximate surface area is 142 Å². The van der Waals surface area contributed by atoms with Crippen LogP contribution in [0.15, 0.2) is 48.5 Å². The molecule has 0 saturated heterocycles. The average molecular weight is 326 g/mol. The Bertz CT molecular complexity index is 679. The van der Waals surface area contributed by atoms with Crippen LogP contribution in [0.1, 0.15) is 37.0 Å². The van der Waals surface area contributed by atoms with E-state index in [1.807, 2.05) is 6.92 Å². The second-order valence-electron chi connectivity index (χ2n) is 5.31. The molecule has 24 heavy (non-hydrogen) atoms. The SMILES string of the molecule is CCCOc1ccc(C(=O)Nc2ccc(NC(=O)CC)cc2)cc1. The van der Waals surface area contributed by atoms with Crippen molar-refractivity contribution in [3.05, 3.63) is 54.1 Å². The van der Waals surface area contributed by atoms with Gasteiger partial charge in [-0.3, -0.25) is 9.59 Å². The van der Waals surface area contributed by atoms with Crippen molar-refractivity contribution in [1.82, 2.24) is 0 Å². The van der Waals surface area contributed by atoms with Crippen LogP contribution in [0, 0.1) is 0 Å². The minimum absolute atomic E-state index is 0.0443. The molecule has 0 aliphatic heterocycles. The number of rotatable bonds is 7. The molecule has 2 rings (SSSR count). The van der Waals surface area contributed by atoms with E-state index in [1.54, 1.807) is 55.5 Å². The molecule has 5 heteroatoms. The first-order valence-corrected chi connectivity index (χ1v) is 8.06. The molecule has 0 heterocycles. The Morgan fingerprint density at radius 3 is 2.00 bits per heavy atom. The van der Waals surface area contributed by atoms with Crippen LogP contribution in [0.5, 0.6) is 5.75 Å². The minimum Gasteiger partial charge on any atom is -0.494 e. The van der Waals surface area contributed by atoms with Crippen LogP contribution in [-0.4, -0.2) is 18.4 Å². The molecule has 5 nitrogen and oxygen atoms in total. The zero-order valence-corrected chi connectivity index (χ0v) is 14.0. The van der Waals surface area contributed by atoms with Gasteiger partial charge < -0.3 is 15.4 Å². The monoisotopic (exact) mass is 326 g/mol. The number of nitrogens with one attached hydrogen (secondary N) is 2. The van der Waals surface area contributed by atoms with Gasteiger partial charge in [-0.25, -0.2) is 0 Å². The highest BCUT2D eigenvalue weighted by atomic mass is 16.5. The van der Waals surface area contributed by atoms with Gasteiger partial charge in [-0.1, -0.05) is 13.8 Å². The smallest absolute Gasteiger partial charge is 0.255 e. The van der Waals surface area contributed by atoms with Crippen LogP contribution in [0.2, 0.25) is 0 Å². The third-order valence-corrected chi connectivity index (χ3v) is 3.34. The molecule has 0 saturated carbocycles. The van der Waals surface area contributed by atoms with E-state index in [2.05, 4.69) is 10.6 Å². The Morgan fingerprint density at radius 2 is 1.46 bits per heavy atom. The maximum absolute atomic E-state index is 12.2. The van der Waals surface area contributed by atoms with Gasteiger partial charge in [0.1, 0.15) is 5.75 Å². The van der Waals surface area contributed by atoms with Crippen molar-refractivity contribution in [3.63, 3.8) is 0 Å². The van der Waals surface area contributed by atoms with E-state index < -0.39 is 0 Å². The number of anilines is 2. The third kappa shape index (κ3) is 5.12. The lowest BCUT2D eigenvalue weighted by atomic mass is 10.2. The molecular formula is C19H22N2O3. The van der Waals surface area contributed by atoms with Gasteiger partial charge in [0, 0.05) is 23.4 Å². The molecular weight excluding hydrogens is 304 g/mol. The van der Waals surface area contributed by atoms with E-state index in [1.165, 1.54) is 0 Å². The predicted molar refractivity (Wildman–Crippen MR) is 95.5 cm³/mol. The van der Waals surface area contributed by atoms with Crippen molar-refractivity contribution in [1.29, 1.82) is 0 Å². The maximum Gasteiger partial charge on any atom is 0.255 e. The number of amides is 2. The fourth-order valence-electron chi connectivity index (χ4n) is 2.01. The maximum atomic E-state index is 12.2. The highest BCUT2D eigenvalue weighted by molar-refractivity contribution is 6.04. The fourth-order valence-corrected chi connectivity index (χ4v) is 2.01. The summed E-state index contributed by atoms with van der Waals surface area (Å²) in [5.41, 5.74) is 1.93. The van der Waals surface area contributed by atoms with E-state index in [9.17, 15) is 9.59 Å². The van der Waals surface area contributed by atoms with Crippen molar-refractivity contribution >= 4 is 23.2 Å². The number of hydrogen-bond donors (Lipinski definition) is 2. The molecule has 0 radical (unpaired) electrons. The summed E-state index contributed by atoms with van der Waals surface area (Å²) < 4.78 is 5.50. The van der Waals surface area contributed by atoms with Crippen LogP contribution in [0.3, 0.4) is 0 Å². The molecule has 126 valence electrons. The van der Waals surface area contributed by atoms with E-state index in [0.29, 0.717) is 30.0 Å². The van der Waals surface area contributed by atoms with Crippen molar-refractivity contribution in [2.75, 3.05) is 17.2 Å². The first-order chi connectivity index (χ1) is 11.6. The number of benzene rings is 2. The molecule has 2 aromatic rings. The predicted octanol–water partition coefficient (Wildman–Crippen LogP) is 4.08. The lowest BCUT2D eigenvalue weighted by molar-refractivity contribution is -0.115. The summed E-state index contributed by atoms with van der Waals surface area (Å²) >= 11 is 0. The van der Waals surface area contributed by atoms with Gasteiger partial charge in [-0.2, -0.15) is 0 Å². The highest BCUT2D eigenvalue weighted by Crippen LogP contribution is 2.17. The van der Waals surface area contributed by atoms with Gasteiger partial charge in [0.2, 0.25) is 5.91 Å². The quantitative estimate of drug-likeness (QED) is 0.806. The molecule has 0 unspecified atom stereocenters. The van der Waals surface area contributed by atoms with Crippen LogP contribution < -0.4 is 15.4 Å². The highest BCUT2D eigenvalue weighted by Gasteiger charge is 2.07. The van der Waals surface area contributed by atoms with Crippen LogP contribution >= 0.6 is 0 Å². The topological polar surface area (TPSA) is 67.4 Å². The summed E-state index contributed by atoms with van der Waals surface area (Å²) in [6.07, 6.45) is 1.37. The Hall–Kier alpha value is -2.82. The van der Waals surface area contributed by atoms with Gasteiger partial charge in [0.05, 0.1) is 6.61 Å². The van der Waals surface area contributed by atoms with Gasteiger partial charge in [0.15, 0.2) is 0 Å². The van der Waals surface area contributed by atoms with E-state index in [4.69, 9.17) is 4.74 Å². The molecule has 0 spiro atoms. The standard InChI is InChI=1S/C19H22N2O3/c1-3-13-24-17-11-5-14(6-12-17)19(23)21-16-9-7-15(8-10-16)20-18(22)4-2/h5-12H,3-4,13H2,1-2H3,(H,20,22)(H,21,23). The molecule has 0 bridgehead atoms. The van der Waals surface area contributed by atoms with Crippen LogP contribution in [0.4, 0.5) is 11.4 Å². The second kappa shape index (κ2) is 8.72. The number of ether oxygens (including phenoxy) is 1. The lowest BCUT2D eigenvalue weighted by Crippen LogP contribution is -2.12. The van der Waals surface area contributed by atoms with Gasteiger partial charge >= 0.3 is 0 Å². The largest absolute Gasteiger partial charge is 0.494 e. The Morgan fingerprint density at radius 1 is 0.875 bits per heavy atom. The van der Waals surface area contributed by atoms with Crippen molar-refractivity contribution in [2.45, 2.75) is 26.7 Å². The first-order valence-electron chi connectivity index (χ1n) is 8.06. The van der Waals surface area contributed by atoms with Crippen molar-refractivity contribution in [3.8, 4) is 5.75 Å². The first kappa shape index (κ1) is 17.5. The molecule has 0 aromatic heterocycles. The molecule has 0 aliphatic carbocycles. The van der Waals surface area contributed by atoms with Crippen molar-refractivity contribution < 1.29 is 14.3 Å². The zero-order chi connectivity index (χ0) is 17.4. The minimum atomic E-state index is -0.192. The molecule has 0 fully saturated rings. The lowest BCUT2D eigenvalue weighted by Gasteiger charge is -2.08. The number of hydrogen-bond acceptors (Lipinski definition) is 3. The summed E-state index contributed by atoms with van der Waals surface area (Å²) in [7, 11) is 0. The van der Waals surface area contributed by atoms with Gasteiger partial charge in [-0.15, -0.1) is 0 Å². The van der Waals surface area contributed by atoms with Gasteiger partial charge in [-0.05, 0) is 55.0 Å². The number of carbonyl (C=O) groups excluding carboxylic acids is 2. The third-order valence-electron chi connectivity index (χ3n) is 3.34. The summed E-state index contributed by atoms with van der Waals surface area (Å²) in [5.74, 6) is 0.518. The number of carbonyl (C=O) groups is 2. The molecule has 2 amide bonds. The van der Waals surface area contributed by atoms with E-state index >= 15 is 0 Å². The van der Waals surface area contributed by atoms with Crippen LogP contribution in [-0.2, 0) is 4.79 Å². The average Bonchev–Trinajstić information content (AvgIpc) is 2.61. The summed E-state index contributed by atoms with van der Waals surface area (Å²) in [6, 6.07) is 14.0. The Balaban J connectivity index is 1.95. The van der Waals surface area contributed by atoms with E-state index in [-0.39, 0.29) is 11.8 Å². The molecule has 0 atom stereocenters. The van der Waals surface area contributed by atoms with E-state index in [0.717, 1.165) is 12.2 Å². The molecule has 2 N–H and O–H groups in total. The zero-order valence-electron chi connectivity index (χ0n) is 14.0. The second-order valence-corrected chi connectivity index (χ2v) is 5.31. The normalized spacial score (nSPS) is 10.1. The summed E-state index contributed by atoms with van der Waals surface area (Å²) in [4.78, 5) is 23.6. The Kier molecular flexibility index (Phi) is 6.37. The molecule has 0 aliphatic rings. The summed E-state index contributed by atoms with van der Waals surface area (Å²) in [5, 5.41) is 5.58.